The largest absolute Gasteiger partial charge is 0.310 e. The third kappa shape index (κ3) is 2.17. The molecule has 2 heterocycles. The molecule has 0 N–H and O–H groups in total. The molecule has 158 valence electrons. The first-order valence-corrected chi connectivity index (χ1v) is 11.3. The van der Waals surface area contributed by atoms with Crippen LogP contribution in [0.4, 0.5) is 5.69 Å². The van der Waals surface area contributed by atoms with Gasteiger partial charge in [0.05, 0.1) is 21.9 Å². The van der Waals surface area contributed by atoms with Crippen LogP contribution in [-0.2, 0) is 20.8 Å². The number of likely N-dealkylation sites (tertiary alicyclic amines) is 1. The number of carbonyl (C=O) groups excluding carboxylic acids is 3. The molecule has 1 aromatic rings. The quantitative estimate of drug-likeness (QED) is 0.430. The van der Waals surface area contributed by atoms with E-state index in [0.29, 0.717) is 13.0 Å². The standard InChI is InChI=1S/C19H12Cl6N2O3/c20-13-14(21)18(23)12-11(17(13,22)19(18,24)25)15(29)27(16(12)30)7-10(28)26-6-5-8-3-1-2-4-9(8)26/h1-4,11-12H,5-7H2/t11-,12-,17+,18+/m0/s1. The zero-order chi connectivity index (χ0) is 21.8. The first-order valence-electron chi connectivity index (χ1n) is 9.05. The first kappa shape index (κ1) is 21.2. The zero-order valence-corrected chi connectivity index (χ0v) is 19.5. The lowest BCUT2D eigenvalue weighted by atomic mass is 9.84. The second-order valence-corrected chi connectivity index (χ2v) is 11.0. The minimum absolute atomic E-state index is 0.158. The van der Waals surface area contributed by atoms with Crippen LogP contribution < -0.4 is 4.90 Å². The normalized spacial score (nSPS) is 36.1. The van der Waals surface area contributed by atoms with Gasteiger partial charge in [-0.2, -0.15) is 0 Å². The molecule has 1 aromatic carbocycles. The highest BCUT2D eigenvalue weighted by atomic mass is 35.5. The Kier molecular flexibility index (Phi) is 4.54. The van der Waals surface area contributed by atoms with Crippen LogP contribution >= 0.6 is 69.6 Å². The number of amides is 3. The molecule has 0 unspecified atom stereocenters. The van der Waals surface area contributed by atoms with Crippen molar-refractivity contribution in [3.05, 3.63) is 39.9 Å². The fraction of sp³-hybridized carbons (Fsp3) is 0.421. The van der Waals surface area contributed by atoms with Gasteiger partial charge in [0.2, 0.25) is 17.7 Å². The smallest absolute Gasteiger partial charge is 0.247 e. The van der Waals surface area contributed by atoms with E-state index in [0.717, 1.165) is 16.2 Å². The Morgan fingerprint density at radius 3 is 2.07 bits per heavy atom. The molecule has 4 atom stereocenters. The number of anilines is 1. The Labute approximate surface area is 201 Å². The molecule has 3 amide bonds. The number of fused-ring (bicyclic) bond motifs is 6. The first-order chi connectivity index (χ1) is 14.0. The third-order valence-corrected chi connectivity index (χ3v) is 10.7. The van der Waals surface area contributed by atoms with Crippen molar-refractivity contribution < 1.29 is 14.4 Å². The molecule has 1 saturated carbocycles. The molecule has 2 bridgehead atoms. The molecule has 2 aliphatic carbocycles. The summed E-state index contributed by atoms with van der Waals surface area (Å²) in [7, 11) is 0. The maximum Gasteiger partial charge on any atom is 0.247 e. The topological polar surface area (TPSA) is 57.7 Å². The molecule has 0 radical (unpaired) electrons. The summed E-state index contributed by atoms with van der Waals surface area (Å²) in [5, 5.41) is -0.315. The molecular weight excluding hydrogens is 517 g/mol. The minimum atomic E-state index is -1.98. The van der Waals surface area contributed by atoms with E-state index in [4.69, 9.17) is 69.6 Å². The van der Waals surface area contributed by atoms with Gasteiger partial charge < -0.3 is 4.90 Å². The van der Waals surface area contributed by atoms with Crippen LogP contribution in [0.25, 0.3) is 0 Å². The van der Waals surface area contributed by atoms with Gasteiger partial charge >= 0.3 is 0 Å². The van der Waals surface area contributed by atoms with Crippen molar-refractivity contribution in [1.82, 2.24) is 4.90 Å². The summed E-state index contributed by atoms with van der Waals surface area (Å²) in [5.74, 6) is -4.25. The van der Waals surface area contributed by atoms with Gasteiger partial charge in [0.1, 0.15) is 16.3 Å². The van der Waals surface area contributed by atoms with Gasteiger partial charge in [-0.1, -0.05) is 64.6 Å². The zero-order valence-electron chi connectivity index (χ0n) is 15.0. The van der Waals surface area contributed by atoms with E-state index in [1.807, 2.05) is 24.3 Å². The van der Waals surface area contributed by atoms with E-state index < -0.39 is 50.2 Å². The average molecular weight is 529 g/mol. The van der Waals surface area contributed by atoms with Crippen LogP contribution in [-0.4, -0.2) is 49.8 Å². The number of alkyl halides is 4. The number of imide groups is 1. The van der Waals surface area contributed by atoms with E-state index in [-0.39, 0.29) is 10.1 Å². The maximum atomic E-state index is 13.2. The van der Waals surface area contributed by atoms with Gasteiger partial charge in [-0.25, -0.2) is 0 Å². The summed E-state index contributed by atoms with van der Waals surface area (Å²) >= 11 is 38.8. The number of para-hydroxylation sites is 1. The van der Waals surface area contributed by atoms with Gasteiger partial charge in [0.15, 0.2) is 4.33 Å². The number of hydrogen-bond acceptors (Lipinski definition) is 3. The van der Waals surface area contributed by atoms with Gasteiger partial charge in [0.25, 0.3) is 0 Å². The van der Waals surface area contributed by atoms with E-state index in [9.17, 15) is 14.4 Å². The number of halogens is 6. The highest BCUT2D eigenvalue weighted by Crippen LogP contribution is 2.77. The third-order valence-electron chi connectivity index (χ3n) is 6.48. The average Bonchev–Trinajstić information content (AvgIpc) is 3.31. The van der Waals surface area contributed by atoms with Gasteiger partial charge in [-0.3, -0.25) is 19.3 Å². The lowest BCUT2D eigenvalue weighted by Gasteiger charge is -2.34. The van der Waals surface area contributed by atoms with Gasteiger partial charge in [-0.05, 0) is 18.1 Å². The molecule has 4 aliphatic rings. The number of hydrogen-bond donors (Lipinski definition) is 0. The minimum Gasteiger partial charge on any atom is -0.310 e. The van der Waals surface area contributed by atoms with Gasteiger partial charge in [0, 0.05) is 12.2 Å². The summed E-state index contributed by atoms with van der Waals surface area (Å²) in [6.07, 6.45) is 0.695. The van der Waals surface area contributed by atoms with Crippen LogP contribution in [0.15, 0.2) is 34.3 Å². The molecule has 11 heteroatoms. The van der Waals surface area contributed by atoms with Crippen molar-refractivity contribution >= 4 is 93.0 Å². The van der Waals surface area contributed by atoms with Crippen LogP contribution in [0, 0.1) is 11.8 Å². The second kappa shape index (κ2) is 6.43. The lowest BCUT2D eigenvalue weighted by Crippen LogP contribution is -2.51. The van der Waals surface area contributed by atoms with Crippen molar-refractivity contribution in [2.75, 3.05) is 18.0 Å². The fourth-order valence-corrected chi connectivity index (χ4v) is 7.96. The molecule has 5 nitrogen and oxygen atoms in total. The van der Waals surface area contributed by atoms with Gasteiger partial charge in [-0.15, -0.1) is 23.2 Å². The van der Waals surface area contributed by atoms with E-state index in [1.165, 1.54) is 0 Å². The maximum absolute atomic E-state index is 13.2. The predicted octanol–water partition coefficient (Wildman–Crippen LogP) is 4.02. The summed E-state index contributed by atoms with van der Waals surface area (Å²) in [4.78, 5) is 38.1. The number of allylic oxidation sites excluding steroid dienone is 2. The van der Waals surface area contributed by atoms with Crippen LogP contribution in [0.3, 0.4) is 0 Å². The van der Waals surface area contributed by atoms with Crippen molar-refractivity contribution in [3.63, 3.8) is 0 Å². The van der Waals surface area contributed by atoms with Crippen molar-refractivity contribution in [2.24, 2.45) is 11.8 Å². The van der Waals surface area contributed by atoms with Crippen molar-refractivity contribution in [3.8, 4) is 0 Å². The van der Waals surface area contributed by atoms with Crippen molar-refractivity contribution in [2.45, 2.75) is 20.5 Å². The fourth-order valence-electron chi connectivity index (χ4n) is 5.03. The summed E-state index contributed by atoms with van der Waals surface area (Å²) in [5.41, 5.74) is 1.79. The number of benzene rings is 1. The highest BCUT2D eigenvalue weighted by molar-refractivity contribution is 6.66. The van der Waals surface area contributed by atoms with Crippen molar-refractivity contribution in [1.29, 1.82) is 0 Å². The Morgan fingerprint density at radius 1 is 0.967 bits per heavy atom. The lowest BCUT2D eigenvalue weighted by molar-refractivity contribution is -0.143. The van der Waals surface area contributed by atoms with E-state index >= 15 is 0 Å². The highest BCUT2D eigenvalue weighted by Gasteiger charge is 2.87. The van der Waals surface area contributed by atoms with Crippen LogP contribution in [0.2, 0.25) is 0 Å². The predicted molar refractivity (Wildman–Crippen MR) is 117 cm³/mol. The van der Waals surface area contributed by atoms with E-state index in [2.05, 4.69) is 0 Å². The number of carbonyl (C=O) groups is 3. The molecule has 0 spiro atoms. The molecule has 0 aromatic heterocycles. The van der Waals surface area contributed by atoms with E-state index in [1.54, 1.807) is 4.90 Å². The summed E-state index contributed by atoms with van der Waals surface area (Å²) in [6.45, 7) is 0.0115. The summed E-state index contributed by atoms with van der Waals surface area (Å²) in [6, 6.07) is 7.47. The Morgan fingerprint density at radius 2 is 1.50 bits per heavy atom. The Hall–Kier alpha value is -0.690. The van der Waals surface area contributed by atoms with Crippen LogP contribution in [0.1, 0.15) is 5.56 Å². The monoisotopic (exact) mass is 526 g/mol. The Bertz CT molecular complexity index is 1030. The van der Waals surface area contributed by atoms with Crippen LogP contribution in [0.5, 0.6) is 0 Å². The molecule has 2 fully saturated rings. The Balaban J connectivity index is 1.48. The molecule has 30 heavy (non-hydrogen) atoms. The second-order valence-electron chi connectivity index (χ2n) is 7.77. The molecule has 5 rings (SSSR count). The molecule has 2 aliphatic heterocycles. The number of rotatable bonds is 2. The summed E-state index contributed by atoms with van der Waals surface area (Å²) < 4.78 is -1.98. The SMILES string of the molecule is O=C1[C@@H]2[C@@H](C(=O)N1CC(=O)N1CCc3ccccc31)[C@@]1(Cl)C(Cl)=C(Cl)[C@@]2(Cl)C1(Cl)Cl. The molecular formula is C19H12Cl6N2O3. The number of nitrogens with zero attached hydrogens (tertiary/aromatic N) is 2. The molecule has 1 saturated heterocycles.